The molecule has 1 aromatic heterocycles. The van der Waals surface area contributed by atoms with E-state index in [4.69, 9.17) is 5.11 Å². The summed E-state index contributed by atoms with van der Waals surface area (Å²) in [6, 6.07) is 7.33. The van der Waals surface area contributed by atoms with Gasteiger partial charge in [0.15, 0.2) is 5.16 Å². The number of aliphatic hydroxyl groups is 1. The molecule has 0 bridgehead atoms. The first-order chi connectivity index (χ1) is 12.1. The zero-order valence-corrected chi connectivity index (χ0v) is 15.2. The van der Waals surface area contributed by atoms with Crippen LogP contribution in [0.3, 0.4) is 0 Å². The van der Waals surface area contributed by atoms with Gasteiger partial charge in [-0.3, -0.25) is 14.5 Å². The van der Waals surface area contributed by atoms with E-state index < -0.39 is 11.8 Å². The number of benzene rings is 1. The number of nitrogens with one attached hydrogen (secondary N) is 1. The monoisotopic (exact) mass is 420 g/mol. The third-order valence-corrected chi connectivity index (χ3v) is 4.58. The van der Waals surface area contributed by atoms with Crippen molar-refractivity contribution >= 4 is 45.2 Å². The first kappa shape index (κ1) is 17.6. The Morgan fingerprint density at radius 3 is 2.48 bits per heavy atom. The Balaban J connectivity index is 1.65. The Bertz CT molecular complexity index is 824. The van der Waals surface area contributed by atoms with Crippen molar-refractivity contribution in [2.45, 2.75) is 10.1 Å². The van der Waals surface area contributed by atoms with Crippen LogP contribution in [-0.4, -0.2) is 44.9 Å². The maximum Gasteiger partial charge on any atom is 0.277 e. The van der Waals surface area contributed by atoms with Gasteiger partial charge in [-0.05, 0) is 52.0 Å². The molecule has 2 N–H and O–H groups in total. The standard InChI is InChI=1S/C16H13BrN4O3S/c17-10-8-18-16(19-9-10)25-12-3-1-11(2-4-12)20-13-7-14(23)21(5-6-22)15(13)24/h1-4,7-9,20,22H,5-6H2. The largest absolute Gasteiger partial charge is 0.395 e. The Kier molecular flexibility index (Phi) is 5.47. The summed E-state index contributed by atoms with van der Waals surface area (Å²) >= 11 is 4.70. The van der Waals surface area contributed by atoms with Crippen molar-refractivity contribution < 1.29 is 14.7 Å². The van der Waals surface area contributed by atoms with Gasteiger partial charge in [0.1, 0.15) is 5.70 Å². The van der Waals surface area contributed by atoms with Gasteiger partial charge in [-0.15, -0.1) is 0 Å². The van der Waals surface area contributed by atoms with Crippen molar-refractivity contribution in [1.29, 1.82) is 0 Å². The van der Waals surface area contributed by atoms with Crippen LogP contribution in [0.25, 0.3) is 0 Å². The van der Waals surface area contributed by atoms with Crippen LogP contribution in [0.2, 0.25) is 0 Å². The number of carbonyl (C=O) groups excluding carboxylic acids is 2. The molecule has 0 spiro atoms. The second-order valence-corrected chi connectivity index (χ2v) is 6.97. The quantitative estimate of drug-likeness (QED) is 0.545. The van der Waals surface area contributed by atoms with Gasteiger partial charge in [0, 0.05) is 29.1 Å². The first-order valence-corrected chi connectivity index (χ1v) is 8.88. The molecule has 2 heterocycles. The van der Waals surface area contributed by atoms with Crippen LogP contribution in [0.15, 0.2) is 63.0 Å². The highest BCUT2D eigenvalue weighted by molar-refractivity contribution is 9.10. The topological polar surface area (TPSA) is 95.4 Å². The summed E-state index contributed by atoms with van der Waals surface area (Å²) < 4.78 is 0.815. The van der Waals surface area contributed by atoms with E-state index in [-0.39, 0.29) is 18.8 Å². The number of β-amino-alcohol motifs (C(OH)–C–C–N with tert-alkyl or cyclic N) is 1. The molecule has 2 aromatic rings. The molecule has 1 aliphatic rings. The minimum absolute atomic E-state index is 0.0118. The number of anilines is 1. The van der Waals surface area contributed by atoms with Gasteiger partial charge in [0.2, 0.25) is 0 Å². The molecular formula is C16H13BrN4O3S. The zero-order chi connectivity index (χ0) is 17.8. The fourth-order valence-electron chi connectivity index (χ4n) is 2.13. The van der Waals surface area contributed by atoms with Gasteiger partial charge in [-0.25, -0.2) is 9.97 Å². The van der Waals surface area contributed by atoms with Gasteiger partial charge >= 0.3 is 0 Å². The van der Waals surface area contributed by atoms with Crippen LogP contribution in [0.5, 0.6) is 0 Å². The minimum Gasteiger partial charge on any atom is -0.395 e. The van der Waals surface area contributed by atoms with Crippen LogP contribution in [0.1, 0.15) is 0 Å². The fourth-order valence-corrected chi connectivity index (χ4v) is 3.03. The van der Waals surface area contributed by atoms with E-state index in [0.29, 0.717) is 10.8 Å². The van der Waals surface area contributed by atoms with Gasteiger partial charge in [-0.1, -0.05) is 0 Å². The van der Waals surface area contributed by atoms with Crippen LogP contribution in [0, 0.1) is 0 Å². The number of amides is 2. The van der Waals surface area contributed by atoms with Crippen LogP contribution in [0.4, 0.5) is 5.69 Å². The molecular weight excluding hydrogens is 408 g/mol. The molecule has 7 nitrogen and oxygen atoms in total. The van der Waals surface area contributed by atoms with E-state index in [1.54, 1.807) is 24.5 Å². The molecule has 9 heteroatoms. The lowest BCUT2D eigenvalue weighted by atomic mass is 10.3. The number of carbonyl (C=O) groups is 2. The number of hydrogen-bond donors (Lipinski definition) is 2. The highest BCUT2D eigenvalue weighted by Crippen LogP contribution is 2.26. The van der Waals surface area contributed by atoms with Crippen LogP contribution in [-0.2, 0) is 9.59 Å². The molecule has 1 aromatic carbocycles. The zero-order valence-electron chi connectivity index (χ0n) is 12.8. The van der Waals surface area contributed by atoms with Crippen LogP contribution < -0.4 is 5.32 Å². The second-order valence-electron chi connectivity index (χ2n) is 5.01. The molecule has 1 aliphatic heterocycles. The van der Waals surface area contributed by atoms with E-state index in [9.17, 15) is 9.59 Å². The Labute approximate surface area is 156 Å². The lowest BCUT2D eigenvalue weighted by Gasteiger charge is -2.13. The van der Waals surface area contributed by atoms with Crippen molar-refractivity contribution in [3.63, 3.8) is 0 Å². The maximum absolute atomic E-state index is 12.1. The predicted molar refractivity (Wildman–Crippen MR) is 95.8 cm³/mol. The molecule has 2 amide bonds. The van der Waals surface area contributed by atoms with E-state index in [1.165, 1.54) is 17.8 Å². The summed E-state index contributed by atoms with van der Waals surface area (Å²) in [4.78, 5) is 34.1. The summed E-state index contributed by atoms with van der Waals surface area (Å²) in [7, 11) is 0. The molecule has 0 saturated carbocycles. The van der Waals surface area contributed by atoms with Gasteiger partial charge < -0.3 is 10.4 Å². The molecule has 3 rings (SSSR count). The average molecular weight is 421 g/mol. The van der Waals surface area contributed by atoms with Crippen molar-refractivity contribution in [2.75, 3.05) is 18.5 Å². The lowest BCUT2D eigenvalue weighted by Crippen LogP contribution is -2.34. The smallest absolute Gasteiger partial charge is 0.277 e. The number of halogens is 1. The number of rotatable bonds is 6. The second kappa shape index (κ2) is 7.77. The normalized spacial score (nSPS) is 14.0. The van der Waals surface area contributed by atoms with Crippen molar-refractivity contribution in [3.05, 3.63) is 52.9 Å². The summed E-state index contributed by atoms with van der Waals surface area (Å²) in [5.74, 6) is -0.873. The molecule has 0 radical (unpaired) electrons. The van der Waals surface area contributed by atoms with Crippen LogP contribution >= 0.6 is 27.7 Å². The van der Waals surface area contributed by atoms with Crippen molar-refractivity contribution in [2.24, 2.45) is 0 Å². The lowest BCUT2D eigenvalue weighted by molar-refractivity contribution is -0.137. The molecule has 0 aliphatic carbocycles. The highest BCUT2D eigenvalue weighted by atomic mass is 79.9. The van der Waals surface area contributed by atoms with E-state index in [2.05, 4.69) is 31.2 Å². The molecule has 0 saturated heterocycles. The van der Waals surface area contributed by atoms with E-state index in [1.807, 2.05) is 12.1 Å². The summed E-state index contributed by atoms with van der Waals surface area (Å²) in [5.41, 5.74) is 0.870. The number of aliphatic hydroxyl groups excluding tert-OH is 1. The molecule has 0 unspecified atom stereocenters. The van der Waals surface area contributed by atoms with Gasteiger partial charge in [-0.2, -0.15) is 0 Å². The maximum atomic E-state index is 12.1. The predicted octanol–water partition coefficient (Wildman–Crippen LogP) is 2.05. The number of imide groups is 1. The Hall–Kier alpha value is -2.23. The third kappa shape index (κ3) is 4.25. The number of aromatic nitrogens is 2. The van der Waals surface area contributed by atoms with E-state index in [0.717, 1.165) is 14.3 Å². The average Bonchev–Trinajstić information content (AvgIpc) is 2.86. The molecule has 25 heavy (non-hydrogen) atoms. The highest BCUT2D eigenvalue weighted by Gasteiger charge is 2.30. The first-order valence-electron chi connectivity index (χ1n) is 7.27. The Morgan fingerprint density at radius 1 is 1.16 bits per heavy atom. The van der Waals surface area contributed by atoms with Crippen molar-refractivity contribution in [3.8, 4) is 0 Å². The molecule has 0 fully saturated rings. The van der Waals surface area contributed by atoms with Gasteiger partial charge in [0.25, 0.3) is 11.8 Å². The third-order valence-electron chi connectivity index (χ3n) is 3.27. The number of nitrogens with zero attached hydrogens (tertiary/aromatic N) is 3. The SMILES string of the molecule is O=C1C=C(Nc2ccc(Sc3ncc(Br)cn3)cc2)C(=O)N1CCO. The van der Waals surface area contributed by atoms with Gasteiger partial charge in [0.05, 0.1) is 17.6 Å². The van der Waals surface area contributed by atoms with Crippen molar-refractivity contribution in [1.82, 2.24) is 14.9 Å². The summed E-state index contributed by atoms with van der Waals surface area (Å²) in [6.45, 7) is -0.273. The molecule has 0 atom stereocenters. The fraction of sp³-hybridized carbons (Fsp3) is 0.125. The Morgan fingerprint density at radius 2 is 1.84 bits per heavy atom. The summed E-state index contributed by atoms with van der Waals surface area (Å²) in [6.07, 6.45) is 4.59. The number of hydrogen-bond acceptors (Lipinski definition) is 7. The summed E-state index contributed by atoms with van der Waals surface area (Å²) in [5, 5.41) is 12.5. The minimum atomic E-state index is -0.444. The molecule has 128 valence electrons. The van der Waals surface area contributed by atoms with E-state index >= 15 is 0 Å².